The van der Waals surface area contributed by atoms with Crippen LogP contribution in [0.2, 0.25) is 0 Å². The Kier molecular flexibility index (Phi) is 2.86. The van der Waals surface area contributed by atoms with Gasteiger partial charge in [0.1, 0.15) is 0 Å². The minimum Gasteiger partial charge on any atom is -0.0648 e. The van der Waals surface area contributed by atoms with Crippen molar-refractivity contribution in [3.8, 4) is 0 Å². The molecule has 0 radical (unpaired) electrons. The third-order valence-corrected chi connectivity index (χ3v) is 4.02. The molecule has 1 aliphatic carbocycles. The molecule has 0 saturated heterocycles. The largest absolute Gasteiger partial charge is 0.0648 e. The van der Waals surface area contributed by atoms with E-state index in [0.29, 0.717) is 0 Å². The van der Waals surface area contributed by atoms with E-state index in [1.54, 1.807) is 11.1 Å². The number of benzene rings is 1. The van der Waals surface area contributed by atoms with Gasteiger partial charge in [-0.1, -0.05) is 32.9 Å². The van der Waals surface area contributed by atoms with Crippen LogP contribution in [0.25, 0.3) is 0 Å². The van der Waals surface area contributed by atoms with Crippen molar-refractivity contribution in [2.75, 3.05) is 0 Å². The first-order valence-corrected chi connectivity index (χ1v) is 6.30. The molecular formula is C15H22. The molecule has 82 valence electrons. The first kappa shape index (κ1) is 10.7. The normalized spacial score (nSPS) is 24.3. The van der Waals surface area contributed by atoms with Crippen LogP contribution in [0.15, 0.2) is 12.1 Å². The minimum atomic E-state index is 0.774. The summed E-state index contributed by atoms with van der Waals surface area (Å²) >= 11 is 0. The number of fused-ring (bicyclic) bond motifs is 1. The first-order valence-electron chi connectivity index (χ1n) is 6.30. The molecule has 1 aromatic carbocycles. The van der Waals surface area contributed by atoms with Crippen LogP contribution in [0.5, 0.6) is 0 Å². The van der Waals surface area contributed by atoms with Gasteiger partial charge in [0.2, 0.25) is 0 Å². The summed E-state index contributed by atoms with van der Waals surface area (Å²) < 4.78 is 0. The average molecular weight is 202 g/mol. The van der Waals surface area contributed by atoms with E-state index in [2.05, 4.69) is 39.8 Å². The van der Waals surface area contributed by atoms with Crippen LogP contribution in [0.3, 0.4) is 0 Å². The highest BCUT2D eigenvalue weighted by Gasteiger charge is 2.27. The van der Waals surface area contributed by atoms with Crippen LogP contribution in [-0.2, 0) is 6.42 Å². The van der Waals surface area contributed by atoms with Gasteiger partial charge in [0.05, 0.1) is 0 Å². The summed E-state index contributed by atoms with van der Waals surface area (Å²) in [5.74, 6) is 1.59. The SMILES string of the molecule is CCc1cc2c(cc1C)C(CC)CC2C. The van der Waals surface area contributed by atoms with Gasteiger partial charge in [-0.05, 0) is 60.3 Å². The minimum absolute atomic E-state index is 0.774. The van der Waals surface area contributed by atoms with Crippen LogP contribution < -0.4 is 0 Å². The molecule has 0 fully saturated rings. The lowest BCUT2D eigenvalue weighted by molar-refractivity contribution is 0.603. The fourth-order valence-corrected chi connectivity index (χ4v) is 3.02. The van der Waals surface area contributed by atoms with E-state index in [1.807, 2.05) is 0 Å². The molecule has 0 amide bonds. The maximum absolute atomic E-state index is 2.46. The molecule has 0 bridgehead atoms. The quantitative estimate of drug-likeness (QED) is 0.659. The van der Waals surface area contributed by atoms with Crippen molar-refractivity contribution in [2.45, 2.75) is 58.8 Å². The molecule has 0 spiro atoms. The van der Waals surface area contributed by atoms with Gasteiger partial charge in [-0.2, -0.15) is 0 Å². The number of aryl methyl sites for hydroxylation is 2. The lowest BCUT2D eigenvalue weighted by Crippen LogP contribution is -1.95. The van der Waals surface area contributed by atoms with Gasteiger partial charge in [-0.25, -0.2) is 0 Å². The van der Waals surface area contributed by atoms with Crippen molar-refractivity contribution >= 4 is 0 Å². The summed E-state index contributed by atoms with van der Waals surface area (Å²) in [6, 6.07) is 4.91. The van der Waals surface area contributed by atoms with E-state index in [4.69, 9.17) is 0 Å². The maximum atomic E-state index is 2.46. The highest BCUT2D eigenvalue weighted by molar-refractivity contribution is 5.44. The van der Waals surface area contributed by atoms with E-state index >= 15 is 0 Å². The van der Waals surface area contributed by atoms with Gasteiger partial charge in [0, 0.05) is 0 Å². The lowest BCUT2D eigenvalue weighted by Gasteiger charge is -2.12. The Labute approximate surface area is 93.7 Å². The van der Waals surface area contributed by atoms with Crippen molar-refractivity contribution in [3.63, 3.8) is 0 Å². The summed E-state index contributed by atoms with van der Waals surface area (Å²) in [4.78, 5) is 0. The monoisotopic (exact) mass is 202 g/mol. The molecule has 1 aliphatic rings. The highest BCUT2D eigenvalue weighted by atomic mass is 14.3. The standard InChI is InChI=1S/C15H22/c1-5-12-9-14-11(4)7-13(6-2)15(14)8-10(12)3/h8-9,11,13H,5-7H2,1-4H3. The zero-order valence-corrected chi connectivity index (χ0v) is 10.4. The zero-order valence-electron chi connectivity index (χ0n) is 10.4. The Morgan fingerprint density at radius 1 is 1.20 bits per heavy atom. The predicted octanol–water partition coefficient (Wildman–Crippen LogP) is 4.56. The molecule has 2 unspecified atom stereocenters. The van der Waals surface area contributed by atoms with Gasteiger partial charge < -0.3 is 0 Å². The molecule has 0 heterocycles. The van der Waals surface area contributed by atoms with Crippen molar-refractivity contribution in [3.05, 3.63) is 34.4 Å². The molecule has 0 aliphatic heterocycles. The second kappa shape index (κ2) is 4.00. The van der Waals surface area contributed by atoms with E-state index in [1.165, 1.54) is 30.4 Å². The molecular weight excluding hydrogens is 180 g/mol. The molecule has 0 heteroatoms. The van der Waals surface area contributed by atoms with Crippen LogP contribution in [0.4, 0.5) is 0 Å². The van der Waals surface area contributed by atoms with Gasteiger partial charge in [0.15, 0.2) is 0 Å². The fraction of sp³-hybridized carbons (Fsp3) is 0.600. The van der Waals surface area contributed by atoms with E-state index in [-0.39, 0.29) is 0 Å². The van der Waals surface area contributed by atoms with Crippen LogP contribution in [0, 0.1) is 6.92 Å². The fourth-order valence-electron chi connectivity index (χ4n) is 3.02. The highest BCUT2D eigenvalue weighted by Crippen LogP contribution is 2.44. The molecule has 15 heavy (non-hydrogen) atoms. The third-order valence-electron chi connectivity index (χ3n) is 4.02. The average Bonchev–Trinajstić information content (AvgIpc) is 2.54. The van der Waals surface area contributed by atoms with Crippen molar-refractivity contribution < 1.29 is 0 Å². The topological polar surface area (TPSA) is 0 Å². The summed E-state index contributed by atoms with van der Waals surface area (Å²) in [5.41, 5.74) is 6.30. The molecule has 0 aromatic heterocycles. The van der Waals surface area contributed by atoms with E-state index in [0.717, 1.165) is 11.8 Å². The smallest absolute Gasteiger partial charge is 0.0156 e. The van der Waals surface area contributed by atoms with Gasteiger partial charge in [-0.15, -0.1) is 0 Å². The lowest BCUT2D eigenvalue weighted by atomic mass is 9.94. The summed E-state index contributed by atoms with van der Waals surface area (Å²) in [5, 5.41) is 0. The molecule has 0 nitrogen and oxygen atoms in total. The third kappa shape index (κ3) is 1.71. The molecule has 1 aromatic rings. The van der Waals surface area contributed by atoms with Crippen LogP contribution >= 0.6 is 0 Å². The van der Waals surface area contributed by atoms with Crippen molar-refractivity contribution in [1.29, 1.82) is 0 Å². The van der Waals surface area contributed by atoms with Crippen LogP contribution in [0.1, 0.15) is 67.7 Å². The molecule has 0 saturated carbocycles. The van der Waals surface area contributed by atoms with Crippen molar-refractivity contribution in [1.82, 2.24) is 0 Å². The molecule has 2 rings (SSSR count). The Bertz CT molecular complexity index is 363. The maximum Gasteiger partial charge on any atom is -0.0156 e. The summed E-state index contributed by atoms with van der Waals surface area (Å²) in [6.45, 7) is 9.21. The predicted molar refractivity (Wildman–Crippen MR) is 66.6 cm³/mol. The van der Waals surface area contributed by atoms with Crippen LogP contribution in [-0.4, -0.2) is 0 Å². The number of rotatable bonds is 2. The number of hydrogen-bond acceptors (Lipinski definition) is 0. The summed E-state index contributed by atoms with van der Waals surface area (Å²) in [6.07, 6.45) is 3.82. The Hall–Kier alpha value is -0.780. The number of hydrogen-bond donors (Lipinski definition) is 0. The van der Waals surface area contributed by atoms with Gasteiger partial charge >= 0.3 is 0 Å². The second-order valence-corrected chi connectivity index (χ2v) is 5.00. The summed E-state index contributed by atoms with van der Waals surface area (Å²) in [7, 11) is 0. The molecule has 2 atom stereocenters. The Morgan fingerprint density at radius 3 is 2.53 bits per heavy atom. The Morgan fingerprint density at radius 2 is 1.93 bits per heavy atom. The van der Waals surface area contributed by atoms with Gasteiger partial charge in [0.25, 0.3) is 0 Å². The first-order chi connectivity index (χ1) is 7.17. The van der Waals surface area contributed by atoms with E-state index < -0.39 is 0 Å². The molecule has 0 N–H and O–H groups in total. The Balaban J connectivity index is 2.49. The van der Waals surface area contributed by atoms with Gasteiger partial charge in [-0.3, -0.25) is 0 Å². The van der Waals surface area contributed by atoms with Crippen molar-refractivity contribution in [2.24, 2.45) is 0 Å². The van der Waals surface area contributed by atoms with E-state index in [9.17, 15) is 0 Å². The zero-order chi connectivity index (χ0) is 11.0. The second-order valence-electron chi connectivity index (χ2n) is 5.00.